The topological polar surface area (TPSA) is 94.0 Å². The number of hydrogen-bond donors (Lipinski definition) is 1. The van der Waals surface area contributed by atoms with Gasteiger partial charge in [0.05, 0.1) is 4.90 Å². The molecule has 0 atom stereocenters. The zero-order valence-corrected chi connectivity index (χ0v) is 15.4. The van der Waals surface area contributed by atoms with Gasteiger partial charge in [0, 0.05) is 31.0 Å². The first-order valence-electron chi connectivity index (χ1n) is 7.62. The van der Waals surface area contributed by atoms with E-state index >= 15 is 0 Å². The Hall–Kier alpha value is -2.69. The number of alkyl halides is 3. The van der Waals surface area contributed by atoms with Crippen LogP contribution >= 0.6 is 0 Å². The van der Waals surface area contributed by atoms with E-state index in [1.54, 1.807) is 6.92 Å². The summed E-state index contributed by atoms with van der Waals surface area (Å²) >= 11 is 0. The molecule has 7 nitrogen and oxygen atoms in total. The van der Waals surface area contributed by atoms with Crippen LogP contribution in [0.4, 0.5) is 19.0 Å². The Labute approximate surface area is 153 Å². The van der Waals surface area contributed by atoms with E-state index in [1.807, 2.05) is 0 Å². The minimum atomic E-state index is -4.78. The number of nitrogens with zero attached hydrogens (tertiary/aromatic N) is 3. The number of halogens is 3. The Kier molecular flexibility index (Phi) is 5.73. The molecule has 0 saturated heterocycles. The molecule has 0 unspecified atom stereocenters. The van der Waals surface area contributed by atoms with Gasteiger partial charge >= 0.3 is 6.18 Å². The van der Waals surface area contributed by atoms with Crippen molar-refractivity contribution in [1.82, 2.24) is 14.8 Å². The van der Waals surface area contributed by atoms with Crippen LogP contribution in [0.3, 0.4) is 0 Å². The van der Waals surface area contributed by atoms with E-state index in [2.05, 4.69) is 22.0 Å². The molecule has 0 radical (unpaired) electrons. The number of aromatic nitrogens is 3. The lowest BCUT2D eigenvalue weighted by Crippen LogP contribution is -2.11. The monoisotopic (exact) mass is 402 g/mol. The van der Waals surface area contributed by atoms with Crippen LogP contribution in [0, 0.1) is 0 Å². The molecular weight excluding hydrogens is 385 g/mol. The van der Waals surface area contributed by atoms with Crippen molar-refractivity contribution < 1.29 is 26.4 Å². The maximum Gasteiger partial charge on any atom is 0.435 e. The fourth-order valence-electron chi connectivity index (χ4n) is 2.25. The molecule has 0 aliphatic heterocycles. The van der Waals surface area contributed by atoms with E-state index in [1.165, 1.54) is 12.1 Å². The molecule has 2 aromatic rings. The van der Waals surface area contributed by atoms with E-state index in [0.717, 1.165) is 17.1 Å². The summed E-state index contributed by atoms with van der Waals surface area (Å²) in [7, 11) is -3.51. The SMILES string of the molecule is C=C(C)CNc1c(CC=O)c(C(F)(F)F)nn1-c1ccc(S(C)(=O)=O)cn1. The van der Waals surface area contributed by atoms with E-state index in [9.17, 15) is 26.4 Å². The quantitative estimate of drug-likeness (QED) is 0.565. The number of rotatable bonds is 7. The molecule has 1 N–H and O–H groups in total. The molecule has 2 aromatic heterocycles. The number of sulfone groups is 1. The van der Waals surface area contributed by atoms with Crippen LogP contribution in [0.2, 0.25) is 0 Å². The minimum Gasteiger partial charge on any atom is -0.366 e. The maximum atomic E-state index is 13.4. The first kappa shape index (κ1) is 20.6. The van der Waals surface area contributed by atoms with Crippen molar-refractivity contribution in [3.05, 3.63) is 41.7 Å². The second kappa shape index (κ2) is 7.51. The lowest BCUT2D eigenvalue weighted by molar-refractivity contribution is -0.141. The number of anilines is 1. The summed E-state index contributed by atoms with van der Waals surface area (Å²) in [5, 5.41) is 6.35. The summed E-state index contributed by atoms with van der Waals surface area (Å²) in [6, 6.07) is 2.45. The van der Waals surface area contributed by atoms with Gasteiger partial charge in [-0.1, -0.05) is 12.2 Å². The summed E-state index contributed by atoms with van der Waals surface area (Å²) in [6.07, 6.45) is -2.92. The van der Waals surface area contributed by atoms with Crippen molar-refractivity contribution in [2.75, 3.05) is 18.1 Å². The first-order valence-corrected chi connectivity index (χ1v) is 9.51. The van der Waals surface area contributed by atoms with Crippen LogP contribution in [0.15, 0.2) is 35.4 Å². The molecular formula is C16H17F3N4O3S. The Morgan fingerprint density at radius 2 is 2.04 bits per heavy atom. The predicted molar refractivity (Wildman–Crippen MR) is 92.5 cm³/mol. The summed E-state index contributed by atoms with van der Waals surface area (Å²) < 4.78 is 64.0. The number of hydrogen-bond acceptors (Lipinski definition) is 6. The van der Waals surface area contributed by atoms with Gasteiger partial charge in [-0.3, -0.25) is 0 Å². The van der Waals surface area contributed by atoms with Crippen LogP contribution < -0.4 is 5.32 Å². The van der Waals surface area contributed by atoms with Crippen molar-refractivity contribution in [3.8, 4) is 5.82 Å². The third kappa shape index (κ3) is 4.73. The third-order valence-corrected chi connectivity index (χ3v) is 4.56. The number of nitrogens with one attached hydrogen (secondary N) is 1. The molecule has 11 heteroatoms. The Morgan fingerprint density at radius 1 is 1.37 bits per heavy atom. The Balaban J connectivity index is 2.66. The lowest BCUT2D eigenvalue weighted by Gasteiger charge is -2.11. The second-order valence-electron chi connectivity index (χ2n) is 5.89. The van der Waals surface area contributed by atoms with Crippen molar-refractivity contribution >= 4 is 21.9 Å². The van der Waals surface area contributed by atoms with Crippen molar-refractivity contribution in [1.29, 1.82) is 0 Å². The molecule has 0 amide bonds. The highest BCUT2D eigenvalue weighted by Gasteiger charge is 2.39. The van der Waals surface area contributed by atoms with Gasteiger partial charge in [-0.05, 0) is 19.1 Å². The van der Waals surface area contributed by atoms with Crippen molar-refractivity contribution in [3.63, 3.8) is 0 Å². The minimum absolute atomic E-state index is 0.0331. The van der Waals surface area contributed by atoms with E-state index in [0.29, 0.717) is 11.9 Å². The van der Waals surface area contributed by atoms with E-state index < -0.39 is 28.1 Å². The normalized spacial score (nSPS) is 12.0. The molecule has 0 fully saturated rings. The van der Waals surface area contributed by atoms with Gasteiger partial charge < -0.3 is 10.1 Å². The third-order valence-electron chi connectivity index (χ3n) is 3.46. The smallest absolute Gasteiger partial charge is 0.366 e. The zero-order valence-electron chi connectivity index (χ0n) is 14.5. The van der Waals surface area contributed by atoms with Gasteiger partial charge in [0.1, 0.15) is 12.1 Å². The lowest BCUT2D eigenvalue weighted by atomic mass is 10.1. The van der Waals surface area contributed by atoms with E-state index in [4.69, 9.17) is 0 Å². The van der Waals surface area contributed by atoms with Crippen molar-refractivity contribution in [2.24, 2.45) is 0 Å². The molecule has 0 aliphatic rings. The van der Waals surface area contributed by atoms with Gasteiger partial charge in [-0.2, -0.15) is 23.0 Å². The molecule has 0 spiro atoms. The number of pyridine rings is 1. The van der Waals surface area contributed by atoms with Gasteiger partial charge in [-0.15, -0.1) is 0 Å². The predicted octanol–water partition coefficient (Wildman–Crippen LogP) is 2.42. The average molecular weight is 402 g/mol. The highest BCUT2D eigenvalue weighted by Crippen LogP contribution is 2.35. The van der Waals surface area contributed by atoms with Crippen LogP contribution in [0.1, 0.15) is 18.2 Å². The number of carbonyl (C=O) groups is 1. The molecule has 0 aliphatic carbocycles. The fraction of sp³-hybridized carbons (Fsp3) is 0.312. The molecule has 27 heavy (non-hydrogen) atoms. The maximum absolute atomic E-state index is 13.4. The second-order valence-corrected chi connectivity index (χ2v) is 7.91. The standard InChI is InChI=1S/C16H17F3N4O3S/c1-10(2)8-21-15-12(6-7-24)14(16(17,18)19)22-23(15)13-5-4-11(9-20-13)27(3,25)26/h4-5,7,9,21H,1,6,8H2,2-3H3. The van der Waals surface area contributed by atoms with E-state index in [-0.39, 0.29) is 28.6 Å². The molecule has 0 saturated carbocycles. The molecule has 146 valence electrons. The first-order chi connectivity index (χ1) is 12.4. The summed E-state index contributed by atoms with van der Waals surface area (Å²) in [5.74, 6) is -0.0914. The van der Waals surface area contributed by atoms with Gasteiger partial charge in [-0.25, -0.2) is 13.4 Å². The molecule has 0 aromatic carbocycles. The summed E-state index contributed by atoms with van der Waals surface area (Å²) in [6.45, 7) is 5.50. The highest BCUT2D eigenvalue weighted by molar-refractivity contribution is 7.90. The van der Waals surface area contributed by atoms with Crippen LogP contribution in [-0.4, -0.2) is 42.3 Å². The molecule has 0 bridgehead atoms. The molecule has 2 rings (SSSR count). The average Bonchev–Trinajstić information content (AvgIpc) is 2.91. The summed E-state index contributed by atoms with van der Waals surface area (Å²) in [4.78, 5) is 14.7. The van der Waals surface area contributed by atoms with Crippen LogP contribution in [0.5, 0.6) is 0 Å². The Bertz CT molecular complexity index is 964. The fourth-order valence-corrected chi connectivity index (χ4v) is 2.81. The van der Waals surface area contributed by atoms with Gasteiger partial charge in [0.2, 0.25) is 0 Å². The molecule has 2 heterocycles. The van der Waals surface area contributed by atoms with Gasteiger partial charge in [0.25, 0.3) is 0 Å². The van der Waals surface area contributed by atoms with Crippen LogP contribution in [0.25, 0.3) is 5.82 Å². The largest absolute Gasteiger partial charge is 0.435 e. The number of aldehydes is 1. The summed E-state index contributed by atoms with van der Waals surface area (Å²) in [5.41, 5.74) is -0.894. The van der Waals surface area contributed by atoms with Crippen LogP contribution in [-0.2, 0) is 27.2 Å². The Morgan fingerprint density at radius 3 is 2.48 bits per heavy atom. The zero-order chi connectivity index (χ0) is 20.4. The van der Waals surface area contributed by atoms with Crippen molar-refractivity contribution in [2.45, 2.75) is 24.4 Å². The highest BCUT2D eigenvalue weighted by atomic mass is 32.2. The van der Waals surface area contributed by atoms with Gasteiger partial charge in [0.15, 0.2) is 21.3 Å². The number of carbonyl (C=O) groups excluding carboxylic acids is 1.